The van der Waals surface area contributed by atoms with Gasteiger partial charge in [0.2, 0.25) is 5.75 Å². The van der Waals surface area contributed by atoms with Crippen LogP contribution in [0.5, 0.6) is 17.2 Å². The lowest BCUT2D eigenvalue weighted by atomic mass is 10.2. The molecule has 2 aromatic carbocycles. The molecule has 0 spiro atoms. The smallest absolute Gasteiger partial charge is 0.203 e. The topological polar surface area (TPSA) is 64.1 Å². The van der Waals surface area contributed by atoms with Crippen LogP contribution in [0.25, 0.3) is 0 Å². The summed E-state index contributed by atoms with van der Waals surface area (Å²) < 4.78 is 30.2. The van der Waals surface area contributed by atoms with E-state index in [1.54, 1.807) is 39.5 Å². The van der Waals surface area contributed by atoms with Gasteiger partial charge in [-0.1, -0.05) is 6.07 Å². The van der Waals surface area contributed by atoms with Crippen LogP contribution in [-0.2, 0) is 6.54 Å². The molecule has 0 aromatic heterocycles. The highest BCUT2D eigenvalue weighted by Gasteiger charge is 2.14. The Labute approximate surface area is 166 Å². The zero-order chi connectivity index (χ0) is 19.8. The van der Waals surface area contributed by atoms with Crippen LogP contribution < -0.4 is 24.8 Å². The first-order chi connectivity index (χ1) is 13.0. The van der Waals surface area contributed by atoms with Crippen molar-refractivity contribution in [2.24, 2.45) is 4.99 Å². The summed E-state index contributed by atoms with van der Waals surface area (Å²) in [5, 5.41) is 6.35. The van der Waals surface area contributed by atoms with Crippen molar-refractivity contribution in [1.29, 1.82) is 0 Å². The Morgan fingerprint density at radius 1 is 1.07 bits per heavy atom. The van der Waals surface area contributed by atoms with E-state index in [1.165, 1.54) is 6.07 Å². The summed E-state index contributed by atoms with van der Waals surface area (Å²) in [6.07, 6.45) is 0. The van der Waals surface area contributed by atoms with Crippen LogP contribution in [0.3, 0.4) is 0 Å². The van der Waals surface area contributed by atoms with E-state index >= 15 is 0 Å². The van der Waals surface area contributed by atoms with Gasteiger partial charge >= 0.3 is 0 Å². The molecular weight excluding hydrogens is 417 g/mol. The molecule has 0 heterocycles. The highest BCUT2D eigenvalue weighted by Crippen LogP contribution is 2.39. The van der Waals surface area contributed by atoms with Crippen LogP contribution in [-0.4, -0.2) is 33.8 Å². The van der Waals surface area contributed by atoms with Gasteiger partial charge in [-0.3, -0.25) is 0 Å². The standard InChI is InChI=1S/C19H23BrFN3O3/c1-5-22-19(23-11-12-6-7-14(20)15(21)8-12)24-13-9-16(25-2)18(27-4)17(10-13)26-3/h6-10H,5,11H2,1-4H3,(H2,22,23,24). The quantitative estimate of drug-likeness (QED) is 0.500. The van der Waals surface area contributed by atoms with Crippen molar-refractivity contribution >= 4 is 27.6 Å². The monoisotopic (exact) mass is 439 g/mol. The maximum atomic E-state index is 13.7. The van der Waals surface area contributed by atoms with Gasteiger partial charge in [0.1, 0.15) is 5.82 Å². The number of benzene rings is 2. The Morgan fingerprint density at radius 3 is 2.26 bits per heavy atom. The van der Waals surface area contributed by atoms with E-state index < -0.39 is 0 Å². The van der Waals surface area contributed by atoms with Crippen molar-refractivity contribution in [3.8, 4) is 17.2 Å². The molecule has 0 aliphatic rings. The number of aliphatic imine (C=N–C) groups is 1. The van der Waals surface area contributed by atoms with Gasteiger partial charge < -0.3 is 24.8 Å². The second-order valence-electron chi connectivity index (χ2n) is 5.48. The minimum atomic E-state index is -0.315. The summed E-state index contributed by atoms with van der Waals surface area (Å²) in [6.45, 7) is 2.96. The van der Waals surface area contributed by atoms with Crippen molar-refractivity contribution in [3.05, 3.63) is 46.2 Å². The molecule has 0 radical (unpaired) electrons. The van der Waals surface area contributed by atoms with E-state index in [0.717, 1.165) is 5.56 Å². The molecule has 146 valence electrons. The molecule has 0 saturated heterocycles. The summed E-state index contributed by atoms with van der Waals surface area (Å²) in [5.41, 5.74) is 1.48. The Balaban J connectivity index is 2.25. The molecule has 27 heavy (non-hydrogen) atoms. The summed E-state index contributed by atoms with van der Waals surface area (Å²) in [4.78, 5) is 4.50. The maximum absolute atomic E-state index is 13.7. The molecular formula is C19H23BrFN3O3. The molecule has 0 aliphatic heterocycles. The molecule has 0 amide bonds. The van der Waals surface area contributed by atoms with Crippen molar-refractivity contribution in [1.82, 2.24) is 5.32 Å². The van der Waals surface area contributed by atoms with Gasteiger partial charge in [-0.25, -0.2) is 9.38 Å². The lowest BCUT2D eigenvalue weighted by Gasteiger charge is -2.16. The van der Waals surface area contributed by atoms with Gasteiger partial charge in [-0.05, 0) is 40.5 Å². The number of hydrogen-bond donors (Lipinski definition) is 2. The predicted molar refractivity (Wildman–Crippen MR) is 109 cm³/mol. The molecule has 0 fully saturated rings. The maximum Gasteiger partial charge on any atom is 0.203 e. The zero-order valence-electron chi connectivity index (χ0n) is 15.7. The number of halogens is 2. The average molecular weight is 440 g/mol. The summed E-state index contributed by atoms with van der Waals surface area (Å²) in [6, 6.07) is 8.51. The SMILES string of the molecule is CCNC(=NCc1ccc(Br)c(F)c1)Nc1cc(OC)c(OC)c(OC)c1. The number of methoxy groups -OCH3 is 3. The van der Waals surface area contributed by atoms with Crippen LogP contribution in [0.15, 0.2) is 39.8 Å². The Hall–Kier alpha value is -2.48. The number of ether oxygens (including phenoxy) is 3. The minimum absolute atomic E-state index is 0.315. The molecule has 0 unspecified atom stereocenters. The van der Waals surface area contributed by atoms with Crippen LogP contribution in [0.4, 0.5) is 10.1 Å². The van der Waals surface area contributed by atoms with Crippen LogP contribution in [0, 0.1) is 5.82 Å². The van der Waals surface area contributed by atoms with Gasteiger partial charge in [-0.2, -0.15) is 0 Å². The molecule has 0 aliphatic carbocycles. The first kappa shape index (κ1) is 20.8. The van der Waals surface area contributed by atoms with E-state index in [1.807, 2.05) is 13.0 Å². The molecule has 2 rings (SSSR count). The van der Waals surface area contributed by atoms with Crippen molar-refractivity contribution in [3.63, 3.8) is 0 Å². The predicted octanol–water partition coefficient (Wildman–Crippen LogP) is 4.19. The third-order valence-corrected chi connectivity index (χ3v) is 4.32. The molecule has 0 bridgehead atoms. The number of nitrogens with one attached hydrogen (secondary N) is 2. The van der Waals surface area contributed by atoms with Crippen LogP contribution in [0.1, 0.15) is 12.5 Å². The van der Waals surface area contributed by atoms with Gasteiger partial charge in [-0.15, -0.1) is 0 Å². The molecule has 2 aromatic rings. The van der Waals surface area contributed by atoms with Gasteiger partial charge in [0, 0.05) is 24.4 Å². The van der Waals surface area contributed by atoms with Crippen LogP contribution in [0.2, 0.25) is 0 Å². The number of nitrogens with zero attached hydrogens (tertiary/aromatic N) is 1. The number of rotatable bonds is 7. The average Bonchev–Trinajstić information content (AvgIpc) is 2.67. The summed E-state index contributed by atoms with van der Waals surface area (Å²) >= 11 is 3.15. The van der Waals surface area contributed by atoms with E-state index in [4.69, 9.17) is 14.2 Å². The van der Waals surface area contributed by atoms with Crippen LogP contribution >= 0.6 is 15.9 Å². The number of guanidine groups is 1. The third-order valence-electron chi connectivity index (χ3n) is 3.68. The Kier molecular flexibility index (Phi) is 7.72. The fraction of sp³-hybridized carbons (Fsp3) is 0.316. The van der Waals surface area contributed by atoms with E-state index in [0.29, 0.717) is 46.5 Å². The lowest BCUT2D eigenvalue weighted by Crippen LogP contribution is -2.30. The summed E-state index contributed by atoms with van der Waals surface area (Å²) in [7, 11) is 4.67. The van der Waals surface area contributed by atoms with Gasteiger partial charge in [0.25, 0.3) is 0 Å². The minimum Gasteiger partial charge on any atom is -0.493 e. The highest BCUT2D eigenvalue weighted by atomic mass is 79.9. The number of anilines is 1. The second-order valence-corrected chi connectivity index (χ2v) is 6.34. The largest absolute Gasteiger partial charge is 0.493 e. The normalized spacial score (nSPS) is 11.1. The van der Waals surface area contributed by atoms with Gasteiger partial charge in [0.15, 0.2) is 17.5 Å². The van der Waals surface area contributed by atoms with Crippen molar-refractivity contribution in [2.75, 3.05) is 33.2 Å². The fourth-order valence-corrected chi connectivity index (χ4v) is 2.65. The van der Waals surface area contributed by atoms with Gasteiger partial charge in [0.05, 0.1) is 32.3 Å². The zero-order valence-corrected chi connectivity index (χ0v) is 17.3. The van der Waals surface area contributed by atoms with E-state index in [9.17, 15) is 4.39 Å². The van der Waals surface area contributed by atoms with E-state index in [2.05, 4.69) is 31.6 Å². The molecule has 0 atom stereocenters. The lowest BCUT2D eigenvalue weighted by molar-refractivity contribution is 0.324. The van der Waals surface area contributed by atoms with Crippen molar-refractivity contribution in [2.45, 2.75) is 13.5 Å². The summed E-state index contributed by atoms with van der Waals surface area (Å²) in [5.74, 6) is 1.81. The van der Waals surface area contributed by atoms with E-state index in [-0.39, 0.29) is 5.82 Å². The first-order valence-corrected chi connectivity index (χ1v) is 9.10. The Morgan fingerprint density at radius 2 is 1.74 bits per heavy atom. The second kappa shape index (κ2) is 10.0. The number of hydrogen-bond acceptors (Lipinski definition) is 4. The molecule has 2 N–H and O–H groups in total. The Bertz CT molecular complexity index is 790. The molecule has 8 heteroatoms. The fourth-order valence-electron chi connectivity index (χ4n) is 2.41. The molecule has 0 saturated carbocycles. The highest BCUT2D eigenvalue weighted by molar-refractivity contribution is 9.10. The van der Waals surface area contributed by atoms with Crippen molar-refractivity contribution < 1.29 is 18.6 Å². The first-order valence-electron chi connectivity index (χ1n) is 8.31. The molecule has 6 nitrogen and oxygen atoms in total. The third kappa shape index (κ3) is 5.50.